The molecule has 4 aromatic heterocycles. The largest absolute Gasteiger partial charge is 0.397 e. The van der Waals surface area contributed by atoms with Crippen molar-refractivity contribution < 1.29 is 59.7 Å². The van der Waals surface area contributed by atoms with Crippen LogP contribution in [0.4, 0.5) is 20.3 Å². The van der Waals surface area contributed by atoms with Crippen molar-refractivity contribution in [2.75, 3.05) is 64.3 Å². The predicted octanol–water partition coefficient (Wildman–Crippen LogP) is 4.37. The van der Waals surface area contributed by atoms with E-state index in [4.69, 9.17) is 58.8 Å². The SMILES string of the molecule is B[P@@]1(=O)OC[C@H]2O[C@@H](n3cnc4c(N)ccnc43)[C@H](F)[C@@H]2O[P@@](=O)(SCc2ccc(COCCOCCOCCN=[N+]=[N-])cc2)OC[C@H]2O[C@@H](n3cnc4c(N)ncnc43)[C@H](F)[C@@H]2O1. The van der Waals surface area contributed by atoms with Gasteiger partial charge in [0.1, 0.15) is 41.8 Å². The molecule has 0 aliphatic carbocycles. The molecule has 1 aromatic carbocycles. The van der Waals surface area contributed by atoms with E-state index in [2.05, 4.69) is 34.9 Å². The number of anilines is 2. The molecule has 0 unspecified atom stereocenters. The normalized spacial score (nSPS) is 29.8. The molecule has 8 rings (SSSR count). The standard InChI is InChI=1S/C35H43BF2N12O11P2S/c36-62(51)56-14-23-30(26(38)35(58-23)49-18-45-27-22(39)5-6-42-32(27)49)61-63(52,64-16-21-3-1-20(2-4-21)13-55-12-11-54-10-9-53-8-7-47-48-41)57-15-24-29(60-62)25(37)34(59-24)50-19-46-28-31(40)43-17-44-33(28)50/h1-6,17-19,23-26,29-30,34-35H,7-16,36H2,(H2,39,42)(H2,40,43,44)/t23-,24-,25-,26-,29-,30-,34-,35-,62-,63+/m1/s1. The molecular formula is C35H43BF2N12O11P2S. The van der Waals surface area contributed by atoms with E-state index < -0.39 is 76.7 Å². The second kappa shape index (κ2) is 20.5. The number of rotatable bonds is 16. The number of imidazole rings is 2. The number of nitrogen functional groups attached to an aromatic ring is 2. The lowest BCUT2D eigenvalue weighted by Gasteiger charge is -2.30. The van der Waals surface area contributed by atoms with Gasteiger partial charge in [-0.05, 0) is 34.1 Å². The number of hydrogen-bond acceptors (Lipinski definition) is 20. The first-order valence-electron chi connectivity index (χ1n) is 19.8. The maximum atomic E-state index is 16.8. The highest BCUT2D eigenvalue weighted by atomic mass is 32.7. The fourth-order valence-corrected chi connectivity index (χ4v) is 11.6. The zero-order valence-corrected chi connectivity index (χ0v) is 36.7. The number of nitrogens with two attached hydrogens (primary N) is 2. The first kappa shape index (κ1) is 46.2. The van der Waals surface area contributed by atoms with Gasteiger partial charge in [0.15, 0.2) is 41.9 Å². The lowest BCUT2D eigenvalue weighted by molar-refractivity contribution is -0.0546. The number of azide groups is 1. The fraction of sp³-hybridized carbons (Fsp3) is 0.514. The van der Waals surface area contributed by atoms with Gasteiger partial charge < -0.3 is 44.2 Å². The summed E-state index contributed by atoms with van der Waals surface area (Å²) in [7, 11) is -3.03. The monoisotopic (exact) mass is 950 g/mol. The molecule has 342 valence electrons. The van der Waals surface area contributed by atoms with Gasteiger partial charge in [0.2, 0.25) is 0 Å². The fourth-order valence-electron chi connectivity index (χ4n) is 7.09. The Morgan fingerprint density at radius 1 is 0.812 bits per heavy atom. The summed E-state index contributed by atoms with van der Waals surface area (Å²) in [5.74, 6) is 0.116. The van der Waals surface area contributed by atoms with Crippen LogP contribution in [0.1, 0.15) is 23.6 Å². The summed E-state index contributed by atoms with van der Waals surface area (Å²) in [6.45, 7) is -3.38. The van der Waals surface area contributed by atoms with Crippen molar-refractivity contribution in [1.82, 2.24) is 34.1 Å². The van der Waals surface area contributed by atoms with Crippen LogP contribution in [0.3, 0.4) is 0 Å². The number of hydrogen-bond donors (Lipinski definition) is 2. The number of alkyl halides is 2. The van der Waals surface area contributed by atoms with Crippen LogP contribution in [-0.2, 0) is 63.3 Å². The van der Waals surface area contributed by atoms with Crippen LogP contribution in [-0.4, -0.2) is 131 Å². The molecule has 64 heavy (non-hydrogen) atoms. The van der Waals surface area contributed by atoms with Gasteiger partial charge in [-0.2, -0.15) is 0 Å². The third-order valence-electron chi connectivity index (χ3n) is 10.2. The van der Waals surface area contributed by atoms with Crippen LogP contribution in [0, 0.1) is 0 Å². The third kappa shape index (κ3) is 10.5. The number of fused-ring (bicyclic) bond motifs is 4. The topological polar surface area (TPSA) is 292 Å². The molecule has 5 aromatic rings. The first-order chi connectivity index (χ1) is 30.9. The molecule has 7 heterocycles. The zero-order chi connectivity index (χ0) is 44.8. The van der Waals surface area contributed by atoms with E-state index in [0.29, 0.717) is 56.4 Å². The minimum Gasteiger partial charge on any atom is -0.397 e. The average molecular weight is 951 g/mol. The Balaban J connectivity index is 0.984. The van der Waals surface area contributed by atoms with E-state index in [1.54, 1.807) is 18.2 Å². The molecule has 10 atom stereocenters. The zero-order valence-electron chi connectivity index (χ0n) is 34.1. The Morgan fingerprint density at radius 3 is 2.12 bits per heavy atom. The summed E-state index contributed by atoms with van der Waals surface area (Å²) >= 11 is 0.767. The van der Waals surface area contributed by atoms with Crippen LogP contribution in [0.2, 0.25) is 0 Å². The molecule has 0 bridgehead atoms. The molecule has 0 saturated carbocycles. The van der Waals surface area contributed by atoms with Crippen molar-refractivity contribution in [2.24, 2.45) is 5.11 Å². The summed E-state index contributed by atoms with van der Waals surface area (Å²) in [5, 5.41) is 3.39. The summed E-state index contributed by atoms with van der Waals surface area (Å²) < 4.78 is 117. The van der Waals surface area contributed by atoms with E-state index in [9.17, 15) is 9.13 Å². The minimum absolute atomic E-state index is 0.0526. The number of ether oxygens (including phenoxy) is 5. The molecule has 3 aliphatic rings. The summed E-state index contributed by atoms with van der Waals surface area (Å²) in [6, 6.07) is 8.81. The van der Waals surface area contributed by atoms with Crippen molar-refractivity contribution in [3.63, 3.8) is 0 Å². The highest BCUT2D eigenvalue weighted by Crippen LogP contribution is 2.65. The van der Waals surface area contributed by atoms with Gasteiger partial charge in [-0.25, -0.2) is 38.3 Å². The third-order valence-corrected chi connectivity index (χ3v) is 15.1. The molecule has 4 N–H and O–H groups in total. The average Bonchev–Trinajstić information content (AvgIpc) is 4.05. The Morgan fingerprint density at radius 2 is 1.42 bits per heavy atom. The molecule has 3 fully saturated rings. The maximum Gasteiger partial charge on any atom is 0.389 e. The number of aromatic nitrogens is 7. The Kier molecular flexibility index (Phi) is 14.8. The molecule has 0 spiro atoms. The van der Waals surface area contributed by atoms with Crippen LogP contribution < -0.4 is 11.5 Å². The molecule has 0 radical (unpaired) electrons. The van der Waals surface area contributed by atoms with Crippen molar-refractivity contribution in [2.45, 2.75) is 61.6 Å². The summed E-state index contributed by atoms with van der Waals surface area (Å²) in [5.41, 5.74) is 23.0. The Labute approximate surface area is 367 Å². The van der Waals surface area contributed by atoms with E-state index >= 15 is 8.78 Å². The van der Waals surface area contributed by atoms with E-state index in [1.165, 1.54) is 34.3 Å². The van der Waals surface area contributed by atoms with Crippen molar-refractivity contribution in [3.05, 3.63) is 77.1 Å². The van der Waals surface area contributed by atoms with Gasteiger partial charge in [0.25, 0.3) is 15.0 Å². The predicted molar refractivity (Wildman–Crippen MR) is 228 cm³/mol. The Hall–Kier alpha value is -4.33. The molecule has 23 nitrogen and oxygen atoms in total. The number of halogens is 2. The van der Waals surface area contributed by atoms with Crippen LogP contribution in [0.15, 0.2) is 60.6 Å². The van der Waals surface area contributed by atoms with Crippen molar-refractivity contribution in [3.8, 4) is 0 Å². The lowest BCUT2D eigenvalue weighted by atomic mass is 10.1. The van der Waals surface area contributed by atoms with Crippen LogP contribution >= 0.6 is 25.7 Å². The number of pyridine rings is 1. The van der Waals surface area contributed by atoms with E-state index in [0.717, 1.165) is 24.5 Å². The lowest BCUT2D eigenvalue weighted by Crippen LogP contribution is -2.37. The smallest absolute Gasteiger partial charge is 0.389 e. The van der Waals surface area contributed by atoms with Gasteiger partial charge in [-0.3, -0.25) is 22.7 Å². The minimum atomic E-state index is -4.45. The maximum absolute atomic E-state index is 16.8. The first-order valence-corrected chi connectivity index (χ1v) is 24.9. The second-order valence-corrected chi connectivity index (χ2v) is 20.6. The Bertz CT molecular complexity index is 2550. The van der Waals surface area contributed by atoms with E-state index in [-0.39, 0.29) is 34.9 Å². The van der Waals surface area contributed by atoms with Crippen molar-refractivity contribution >= 4 is 67.1 Å². The number of benzene rings is 1. The number of nitrogens with zero attached hydrogens (tertiary/aromatic N) is 10. The summed E-state index contributed by atoms with van der Waals surface area (Å²) in [4.78, 5) is 23.5. The van der Waals surface area contributed by atoms with Gasteiger partial charge >= 0.3 is 6.80 Å². The van der Waals surface area contributed by atoms with Crippen molar-refractivity contribution in [1.29, 1.82) is 0 Å². The summed E-state index contributed by atoms with van der Waals surface area (Å²) in [6.07, 6.45) is -7.65. The van der Waals surface area contributed by atoms with Crippen LogP contribution in [0.5, 0.6) is 0 Å². The molecule has 29 heteroatoms. The molecule has 0 amide bonds. The van der Waals surface area contributed by atoms with Gasteiger partial charge in [0.05, 0.1) is 71.2 Å². The second-order valence-electron chi connectivity index (χ2n) is 14.6. The molecule has 3 saturated heterocycles. The van der Waals surface area contributed by atoms with Crippen LogP contribution in [0.25, 0.3) is 32.8 Å². The highest BCUT2D eigenvalue weighted by molar-refractivity contribution is 8.54. The molecular weight excluding hydrogens is 907 g/mol. The van der Waals surface area contributed by atoms with Gasteiger partial charge in [-0.1, -0.05) is 29.4 Å². The quantitative estimate of drug-likeness (QED) is 0.0347. The van der Waals surface area contributed by atoms with Gasteiger partial charge in [-0.15, -0.1) is 0 Å². The molecule has 3 aliphatic heterocycles. The highest BCUT2D eigenvalue weighted by Gasteiger charge is 2.54. The van der Waals surface area contributed by atoms with E-state index in [1.807, 2.05) is 12.1 Å². The van der Waals surface area contributed by atoms with Gasteiger partial charge in [0, 0.05) is 23.4 Å².